The molecule has 2 amide bonds. The fraction of sp³-hybridized carbons (Fsp3) is 0.0667. The maximum atomic E-state index is 12.3. The monoisotopic (exact) mass is 320 g/mol. The predicted molar refractivity (Wildman–Crippen MR) is 81.5 cm³/mol. The second-order valence-corrected chi connectivity index (χ2v) is 5.50. The first-order valence-corrected chi connectivity index (χ1v) is 6.93. The first kappa shape index (κ1) is 13.9. The van der Waals surface area contributed by atoms with E-state index in [0.717, 1.165) is 4.90 Å². The summed E-state index contributed by atoms with van der Waals surface area (Å²) in [5, 5.41) is 0.727. The molecule has 1 heterocycles. The van der Waals surface area contributed by atoms with E-state index >= 15 is 0 Å². The molecule has 106 valence electrons. The number of anilines is 1. The lowest BCUT2D eigenvalue weighted by Gasteiger charge is -2.15. The van der Waals surface area contributed by atoms with Gasteiger partial charge in [0.2, 0.25) is 0 Å². The summed E-state index contributed by atoms with van der Waals surface area (Å²) in [5.74, 6) is -0.732. The van der Waals surface area contributed by atoms with Gasteiger partial charge in [0.05, 0.1) is 27.7 Å². The van der Waals surface area contributed by atoms with Crippen molar-refractivity contribution in [3.63, 3.8) is 0 Å². The Kier molecular flexibility index (Phi) is 3.35. The summed E-state index contributed by atoms with van der Waals surface area (Å²) in [6.45, 7) is 0.0750. The van der Waals surface area contributed by atoms with E-state index < -0.39 is 0 Å². The first-order chi connectivity index (χ1) is 9.99. The SMILES string of the molecule is Nc1ccc2c(c1)C(=O)N(Cc1cccc(Cl)c1Cl)C2=O. The Morgan fingerprint density at radius 2 is 1.71 bits per heavy atom. The third-order valence-electron chi connectivity index (χ3n) is 3.35. The van der Waals surface area contributed by atoms with Crippen LogP contribution in [0.15, 0.2) is 36.4 Å². The summed E-state index contributed by atoms with van der Waals surface area (Å²) in [7, 11) is 0. The van der Waals surface area contributed by atoms with Gasteiger partial charge >= 0.3 is 0 Å². The molecule has 3 rings (SSSR count). The smallest absolute Gasteiger partial charge is 0.261 e. The summed E-state index contributed by atoms with van der Waals surface area (Å²) in [6, 6.07) is 9.77. The minimum absolute atomic E-state index is 0.0750. The van der Waals surface area contributed by atoms with Crippen LogP contribution in [-0.2, 0) is 6.54 Å². The van der Waals surface area contributed by atoms with Crippen LogP contribution in [0.5, 0.6) is 0 Å². The van der Waals surface area contributed by atoms with Crippen molar-refractivity contribution in [3.8, 4) is 0 Å². The number of hydrogen-bond donors (Lipinski definition) is 1. The van der Waals surface area contributed by atoms with Gasteiger partial charge in [-0.25, -0.2) is 0 Å². The molecule has 21 heavy (non-hydrogen) atoms. The molecule has 0 spiro atoms. The molecular formula is C15H10Cl2N2O2. The number of carbonyl (C=O) groups excluding carboxylic acids is 2. The first-order valence-electron chi connectivity index (χ1n) is 6.17. The number of nitrogens with two attached hydrogens (primary N) is 1. The topological polar surface area (TPSA) is 63.4 Å². The zero-order valence-corrected chi connectivity index (χ0v) is 12.3. The number of rotatable bonds is 2. The van der Waals surface area contributed by atoms with Gasteiger partial charge in [-0.3, -0.25) is 14.5 Å². The zero-order valence-electron chi connectivity index (χ0n) is 10.8. The van der Waals surface area contributed by atoms with Gasteiger partial charge in [0.15, 0.2) is 0 Å². The Hall–Kier alpha value is -2.04. The molecule has 0 bridgehead atoms. The molecule has 0 aromatic heterocycles. The van der Waals surface area contributed by atoms with Gasteiger partial charge in [-0.2, -0.15) is 0 Å². The maximum absolute atomic E-state index is 12.3. The Bertz CT molecular complexity index is 774. The summed E-state index contributed by atoms with van der Waals surface area (Å²) < 4.78 is 0. The van der Waals surface area contributed by atoms with E-state index in [1.165, 1.54) is 6.07 Å². The van der Waals surface area contributed by atoms with Crippen LogP contribution in [0, 0.1) is 0 Å². The quantitative estimate of drug-likeness (QED) is 0.681. The van der Waals surface area contributed by atoms with Gasteiger partial charge in [-0.15, -0.1) is 0 Å². The third kappa shape index (κ3) is 2.26. The number of nitrogen functional groups attached to an aromatic ring is 1. The van der Waals surface area contributed by atoms with E-state index in [-0.39, 0.29) is 18.4 Å². The molecule has 4 nitrogen and oxygen atoms in total. The Labute approximate surface area is 131 Å². The predicted octanol–water partition coefficient (Wildman–Crippen LogP) is 3.37. The molecule has 6 heteroatoms. The molecule has 0 fully saturated rings. The minimum atomic E-state index is -0.377. The van der Waals surface area contributed by atoms with Crippen molar-refractivity contribution >= 4 is 40.7 Å². The zero-order chi connectivity index (χ0) is 15.1. The Morgan fingerprint density at radius 1 is 1.00 bits per heavy atom. The molecule has 0 atom stereocenters. The van der Waals surface area contributed by atoms with Crippen molar-refractivity contribution in [3.05, 3.63) is 63.1 Å². The van der Waals surface area contributed by atoms with Crippen molar-refractivity contribution in [1.29, 1.82) is 0 Å². The lowest BCUT2D eigenvalue weighted by atomic mass is 10.1. The molecule has 0 radical (unpaired) electrons. The van der Waals surface area contributed by atoms with Gasteiger partial charge in [0, 0.05) is 5.69 Å². The highest BCUT2D eigenvalue weighted by Gasteiger charge is 2.35. The normalized spacial score (nSPS) is 13.7. The molecule has 1 aliphatic rings. The van der Waals surface area contributed by atoms with Crippen LogP contribution in [0.3, 0.4) is 0 Å². The van der Waals surface area contributed by atoms with Crippen molar-refractivity contribution in [2.75, 3.05) is 5.73 Å². The molecule has 1 aliphatic heterocycles. The van der Waals surface area contributed by atoms with E-state index in [1.54, 1.807) is 30.3 Å². The molecule has 0 aliphatic carbocycles. The van der Waals surface area contributed by atoms with Crippen LogP contribution in [0.4, 0.5) is 5.69 Å². The average molecular weight is 321 g/mol. The lowest BCUT2D eigenvalue weighted by Crippen LogP contribution is -2.29. The average Bonchev–Trinajstić information content (AvgIpc) is 2.68. The number of imide groups is 1. The standard InChI is InChI=1S/C15H10Cl2N2O2/c16-12-3-1-2-8(13(12)17)7-19-14(20)10-5-4-9(18)6-11(10)15(19)21/h1-6H,7,18H2. The van der Waals surface area contributed by atoms with Crippen LogP contribution in [0.25, 0.3) is 0 Å². The molecule has 0 unspecified atom stereocenters. The molecular weight excluding hydrogens is 311 g/mol. The van der Waals surface area contributed by atoms with E-state index in [4.69, 9.17) is 28.9 Å². The highest BCUT2D eigenvalue weighted by Crippen LogP contribution is 2.30. The van der Waals surface area contributed by atoms with Crippen LogP contribution in [0.2, 0.25) is 10.0 Å². The van der Waals surface area contributed by atoms with Gasteiger partial charge in [-0.1, -0.05) is 35.3 Å². The fourth-order valence-electron chi connectivity index (χ4n) is 2.29. The van der Waals surface area contributed by atoms with Gasteiger partial charge in [-0.05, 0) is 29.8 Å². The minimum Gasteiger partial charge on any atom is -0.399 e. The van der Waals surface area contributed by atoms with E-state index in [0.29, 0.717) is 32.4 Å². The number of amides is 2. The molecule has 2 aromatic carbocycles. The largest absolute Gasteiger partial charge is 0.399 e. The van der Waals surface area contributed by atoms with Crippen LogP contribution < -0.4 is 5.73 Å². The Balaban J connectivity index is 1.97. The molecule has 2 N–H and O–H groups in total. The van der Waals surface area contributed by atoms with Crippen molar-refractivity contribution < 1.29 is 9.59 Å². The van der Waals surface area contributed by atoms with Gasteiger partial charge in [0.25, 0.3) is 11.8 Å². The van der Waals surface area contributed by atoms with Gasteiger partial charge < -0.3 is 5.73 Å². The van der Waals surface area contributed by atoms with E-state index in [9.17, 15) is 9.59 Å². The molecule has 2 aromatic rings. The maximum Gasteiger partial charge on any atom is 0.261 e. The number of fused-ring (bicyclic) bond motifs is 1. The van der Waals surface area contributed by atoms with E-state index in [1.807, 2.05) is 0 Å². The third-order valence-corrected chi connectivity index (χ3v) is 4.21. The Morgan fingerprint density at radius 3 is 2.48 bits per heavy atom. The molecule has 0 saturated heterocycles. The van der Waals surface area contributed by atoms with Crippen molar-refractivity contribution in [2.45, 2.75) is 6.54 Å². The highest BCUT2D eigenvalue weighted by molar-refractivity contribution is 6.42. The summed E-state index contributed by atoms with van der Waals surface area (Å²) in [6.07, 6.45) is 0. The van der Waals surface area contributed by atoms with Crippen LogP contribution in [0.1, 0.15) is 26.3 Å². The summed E-state index contributed by atoms with van der Waals surface area (Å²) >= 11 is 12.0. The van der Waals surface area contributed by atoms with Gasteiger partial charge in [0.1, 0.15) is 0 Å². The van der Waals surface area contributed by atoms with Crippen molar-refractivity contribution in [1.82, 2.24) is 4.90 Å². The number of benzene rings is 2. The second-order valence-electron chi connectivity index (χ2n) is 4.71. The highest BCUT2D eigenvalue weighted by atomic mass is 35.5. The number of halogens is 2. The van der Waals surface area contributed by atoms with Crippen LogP contribution >= 0.6 is 23.2 Å². The number of hydrogen-bond acceptors (Lipinski definition) is 3. The second kappa shape index (κ2) is 5.06. The molecule has 0 saturated carbocycles. The number of carbonyl (C=O) groups is 2. The van der Waals surface area contributed by atoms with Crippen LogP contribution in [-0.4, -0.2) is 16.7 Å². The lowest BCUT2D eigenvalue weighted by molar-refractivity contribution is 0.0642. The fourth-order valence-corrected chi connectivity index (χ4v) is 2.67. The summed E-state index contributed by atoms with van der Waals surface area (Å²) in [5.41, 5.74) is 7.39. The van der Waals surface area contributed by atoms with Crippen molar-refractivity contribution in [2.24, 2.45) is 0 Å². The number of nitrogens with zero attached hydrogens (tertiary/aromatic N) is 1. The summed E-state index contributed by atoms with van der Waals surface area (Å²) in [4.78, 5) is 25.8. The van der Waals surface area contributed by atoms with E-state index in [2.05, 4.69) is 0 Å².